The average molecular weight is 386 g/mol. The SMILES string of the molecule is COc1cccc(C=CC(=O)N(c2cccc(C#N)c2)C(C)C)c1OC(F)F. The van der Waals surface area contributed by atoms with Crippen LogP contribution in [-0.2, 0) is 4.79 Å². The molecule has 0 aliphatic heterocycles. The highest BCUT2D eigenvalue weighted by atomic mass is 19.3. The summed E-state index contributed by atoms with van der Waals surface area (Å²) in [6.45, 7) is 0.642. The van der Waals surface area contributed by atoms with E-state index in [1.807, 2.05) is 19.9 Å². The number of hydrogen-bond acceptors (Lipinski definition) is 4. The molecule has 0 bridgehead atoms. The molecule has 0 aliphatic rings. The molecule has 0 unspecified atom stereocenters. The lowest BCUT2D eigenvalue weighted by Crippen LogP contribution is -2.35. The Morgan fingerprint density at radius 1 is 1.21 bits per heavy atom. The minimum absolute atomic E-state index is 0.136. The van der Waals surface area contributed by atoms with Gasteiger partial charge in [-0.1, -0.05) is 18.2 Å². The molecule has 0 N–H and O–H groups in total. The smallest absolute Gasteiger partial charge is 0.387 e. The summed E-state index contributed by atoms with van der Waals surface area (Å²) in [5.41, 5.74) is 1.28. The van der Waals surface area contributed by atoms with E-state index in [-0.39, 0.29) is 29.0 Å². The molecule has 2 rings (SSSR count). The summed E-state index contributed by atoms with van der Waals surface area (Å²) < 4.78 is 35.1. The van der Waals surface area contributed by atoms with Gasteiger partial charge >= 0.3 is 6.61 Å². The fourth-order valence-electron chi connectivity index (χ4n) is 2.69. The molecule has 0 spiro atoms. The van der Waals surface area contributed by atoms with Gasteiger partial charge in [-0.3, -0.25) is 4.79 Å². The second kappa shape index (κ2) is 9.51. The van der Waals surface area contributed by atoms with Gasteiger partial charge in [0.1, 0.15) is 0 Å². The summed E-state index contributed by atoms with van der Waals surface area (Å²) in [6, 6.07) is 13.2. The van der Waals surface area contributed by atoms with Crippen molar-refractivity contribution in [1.82, 2.24) is 0 Å². The van der Waals surface area contributed by atoms with Crippen LogP contribution in [0.2, 0.25) is 0 Å². The van der Waals surface area contributed by atoms with Crippen molar-refractivity contribution in [2.45, 2.75) is 26.5 Å². The number of anilines is 1. The Balaban J connectivity index is 2.36. The van der Waals surface area contributed by atoms with Crippen LogP contribution >= 0.6 is 0 Å². The number of carbonyl (C=O) groups excluding carboxylic acids is 1. The minimum Gasteiger partial charge on any atom is -0.493 e. The third-order valence-electron chi connectivity index (χ3n) is 3.85. The third-order valence-corrected chi connectivity index (χ3v) is 3.85. The molecule has 0 atom stereocenters. The lowest BCUT2D eigenvalue weighted by molar-refractivity contribution is -0.114. The number of benzene rings is 2. The number of carbonyl (C=O) groups is 1. The molecule has 2 aromatic carbocycles. The van der Waals surface area contributed by atoms with Gasteiger partial charge in [-0.2, -0.15) is 14.0 Å². The van der Waals surface area contributed by atoms with Crippen molar-refractivity contribution in [3.05, 3.63) is 59.7 Å². The zero-order valence-electron chi connectivity index (χ0n) is 15.7. The van der Waals surface area contributed by atoms with E-state index in [1.54, 1.807) is 36.4 Å². The zero-order chi connectivity index (χ0) is 20.7. The summed E-state index contributed by atoms with van der Waals surface area (Å²) in [4.78, 5) is 14.3. The highest BCUT2D eigenvalue weighted by Crippen LogP contribution is 2.33. The van der Waals surface area contributed by atoms with E-state index >= 15 is 0 Å². The molecular formula is C21H20F2N2O3. The number of ether oxygens (including phenoxy) is 2. The molecule has 1 amide bonds. The van der Waals surface area contributed by atoms with Gasteiger partial charge < -0.3 is 14.4 Å². The number of nitrogens with zero attached hydrogens (tertiary/aromatic N) is 2. The first kappa shape index (κ1) is 20.9. The zero-order valence-corrected chi connectivity index (χ0v) is 15.7. The maximum Gasteiger partial charge on any atom is 0.387 e. The van der Waals surface area contributed by atoms with Crippen molar-refractivity contribution in [3.63, 3.8) is 0 Å². The molecule has 5 nitrogen and oxygen atoms in total. The number of hydrogen-bond donors (Lipinski definition) is 0. The molecule has 146 valence electrons. The fourth-order valence-corrected chi connectivity index (χ4v) is 2.69. The highest BCUT2D eigenvalue weighted by Gasteiger charge is 2.18. The Morgan fingerprint density at radius 2 is 1.93 bits per heavy atom. The van der Waals surface area contributed by atoms with Crippen molar-refractivity contribution in [2.75, 3.05) is 12.0 Å². The Hall–Kier alpha value is -3.40. The molecule has 0 saturated carbocycles. The fraction of sp³-hybridized carbons (Fsp3) is 0.238. The minimum atomic E-state index is -3.03. The van der Waals surface area contributed by atoms with Crippen LogP contribution in [0.15, 0.2) is 48.5 Å². The standard InChI is InChI=1S/C21H20F2N2O3/c1-14(2)25(17-8-4-6-15(12-17)13-24)19(26)11-10-16-7-5-9-18(27-3)20(16)28-21(22)23/h4-12,14,21H,1-3H3. The third kappa shape index (κ3) is 5.07. The van der Waals surface area contributed by atoms with Crippen molar-refractivity contribution < 1.29 is 23.0 Å². The van der Waals surface area contributed by atoms with E-state index in [2.05, 4.69) is 4.74 Å². The summed E-state index contributed by atoms with van der Waals surface area (Å²) >= 11 is 0. The second-order valence-electron chi connectivity index (χ2n) is 6.05. The van der Waals surface area contributed by atoms with Crippen LogP contribution in [0.5, 0.6) is 11.5 Å². The topological polar surface area (TPSA) is 62.6 Å². The van der Waals surface area contributed by atoms with Crippen LogP contribution in [0.4, 0.5) is 14.5 Å². The Labute approximate surface area is 162 Å². The Bertz CT molecular complexity index is 905. The van der Waals surface area contributed by atoms with Gasteiger partial charge in [0, 0.05) is 23.4 Å². The molecule has 2 aromatic rings. The predicted molar refractivity (Wildman–Crippen MR) is 102 cm³/mol. The van der Waals surface area contributed by atoms with E-state index in [9.17, 15) is 13.6 Å². The van der Waals surface area contributed by atoms with Crippen LogP contribution in [0.1, 0.15) is 25.0 Å². The molecule has 0 saturated heterocycles. The van der Waals surface area contributed by atoms with Gasteiger partial charge in [-0.25, -0.2) is 0 Å². The number of nitriles is 1. The first-order chi connectivity index (χ1) is 13.4. The van der Waals surface area contributed by atoms with Gasteiger partial charge in [-0.05, 0) is 44.2 Å². The summed E-state index contributed by atoms with van der Waals surface area (Å²) in [5.74, 6) is -0.375. The molecular weight excluding hydrogens is 366 g/mol. The van der Waals surface area contributed by atoms with Gasteiger partial charge in [0.15, 0.2) is 11.5 Å². The van der Waals surface area contributed by atoms with E-state index in [0.717, 1.165) is 0 Å². The maximum absolute atomic E-state index is 12.8. The van der Waals surface area contributed by atoms with Gasteiger partial charge in [0.05, 0.1) is 18.7 Å². The van der Waals surface area contributed by atoms with Crippen molar-refractivity contribution in [3.8, 4) is 17.6 Å². The van der Waals surface area contributed by atoms with E-state index < -0.39 is 6.61 Å². The number of rotatable bonds is 7. The second-order valence-corrected chi connectivity index (χ2v) is 6.05. The van der Waals surface area contributed by atoms with Crippen LogP contribution in [0, 0.1) is 11.3 Å². The molecule has 0 radical (unpaired) electrons. The van der Waals surface area contributed by atoms with Crippen molar-refractivity contribution >= 4 is 17.7 Å². The van der Waals surface area contributed by atoms with E-state index in [0.29, 0.717) is 11.3 Å². The lowest BCUT2D eigenvalue weighted by atomic mass is 10.1. The maximum atomic E-state index is 12.8. The Morgan fingerprint density at radius 3 is 2.54 bits per heavy atom. The summed E-state index contributed by atoms with van der Waals surface area (Å²) in [7, 11) is 1.34. The molecule has 0 fully saturated rings. The number of methoxy groups -OCH3 is 1. The van der Waals surface area contributed by atoms with Crippen LogP contribution in [0.3, 0.4) is 0 Å². The normalized spacial score (nSPS) is 10.9. The lowest BCUT2D eigenvalue weighted by Gasteiger charge is -2.25. The van der Waals surface area contributed by atoms with Crippen LogP contribution < -0.4 is 14.4 Å². The van der Waals surface area contributed by atoms with E-state index in [1.165, 1.54) is 30.2 Å². The van der Waals surface area contributed by atoms with Crippen molar-refractivity contribution in [1.29, 1.82) is 5.26 Å². The van der Waals surface area contributed by atoms with Crippen LogP contribution in [-0.4, -0.2) is 25.7 Å². The Kier molecular flexibility index (Phi) is 7.10. The first-order valence-corrected chi connectivity index (χ1v) is 8.50. The number of para-hydroxylation sites is 1. The molecule has 0 aliphatic carbocycles. The highest BCUT2D eigenvalue weighted by molar-refractivity contribution is 6.04. The molecule has 0 heterocycles. The van der Waals surface area contributed by atoms with Gasteiger partial charge in [-0.15, -0.1) is 0 Å². The number of amides is 1. The average Bonchev–Trinajstić information content (AvgIpc) is 2.66. The van der Waals surface area contributed by atoms with E-state index in [4.69, 9.17) is 10.00 Å². The number of halogens is 2. The number of alkyl halides is 2. The van der Waals surface area contributed by atoms with Gasteiger partial charge in [0.2, 0.25) is 0 Å². The largest absolute Gasteiger partial charge is 0.493 e. The quantitative estimate of drug-likeness (QED) is 0.651. The van der Waals surface area contributed by atoms with Gasteiger partial charge in [0.25, 0.3) is 5.91 Å². The molecule has 28 heavy (non-hydrogen) atoms. The summed E-state index contributed by atoms with van der Waals surface area (Å²) in [5, 5.41) is 9.07. The predicted octanol–water partition coefficient (Wildman–Crippen LogP) is 4.62. The monoisotopic (exact) mass is 386 g/mol. The molecule has 0 aromatic heterocycles. The summed E-state index contributed by atoms with van der Waals surface area (Å²) in [6.07, 6.45) is 2.66. The van der Waals surface area contributed by atoms with Crippen LogP contribution in [0.25, 0.3) is 6.08 Å². The first-order valence-electron chi connectivity index (χ1n) is 8.50. The van der Waals surface area contributed by atoms with Crippen molar-refractivity contribution in [2.24, 2.45) is 0 Å². The molecule has 7 heteroatoms.